The third kappa shape index (κ3) is 4.45. The van der Waals surface area contributed by atoms with Gasteiger partial charge in [0.1, 0.15) is 0 Å². The molecule has 1 heterocycles. The van der Waals surface area contributed by atoms with E-state index in [0.29, 0.717) is 18.4 Å². The van der Waals surface area contributed by atoms with E-state index in [1.807, 2.05) is 16.9 Å². The lowest BCUT2D eigenvalue weighted by molar-refractivity contribution is 0.143. The number of aliphatic hydroxyl groups is 1. The monoisotopic (exact) mass is 252 g/mol. The summed E-state index contributed by atoms with van der Waals surface area (Å²) >= 11 is 0. The lowest BCUT2D eigenvalue weighted by Crippen LogP contribution is -2.15. The fourth-order valence-electron chi connectivity index (χ4n) is 2.31. The van der Waals surface area contributed by atoms with Gasteiger partial charge in [-0.3, -0.25) is 4.68 Å². The van der Waals surface area contributed by atoms with Crippen LogP contribution in [0, 0.1) is 5.92 Å². The molecule has 104 valence electrons. The van der Waals surface area contributed by atoms with E-state index in [1.54, 1.807) is 0 Å². The molecule has 0 fully saturated rings. The van der Waals surface area contributed by atoms with Crippen molar-refractivity contribution in [2.45, 2.75) is 71.9 Å². The van der Waals surface area contributed by atoms with E-state index in [-0.39, 0.29) is 6.10 Å². The van der Waals surface area contributed by atoms with Crippen molar-refractivity contribution in [3.63, 3.8) is 0 Å². The summed E-state index contributed by atoms with van der Waals surface area (Å²) in [5.41, 5.74) is 1.01. The van der Waals surface area contributed by atoms with Crippen LogP contribution in [0.4, 0.5) is 0 Å². The Hall–Kier alpha value is -0.830. The Kier molecular flexibility index (Phi) is 6.41. The summed E-state index contributed by atoms with van der Waals surface area (Å²) in [6.45, 7) is 8.73. The summed E-state index contributed by atoms with van der Waals surface area (Å²) in [6.07, 6.45) is 6.67. The minimum atomic E-state index is -0.259. The second-order valence-electron chi connectivity index (χ2n) is 5.36. The number of hydrogen-bond donors (Lipinski definition) is 1. The molecule has 18 heavy (non-hydrogen) atoms. The van der Waals surface area contributed by atoms with Gasteiger partial charge >= 0.3 is 0 Å². The van der Waals surface area contributed by atoms with Crippen LogP contribution in [0.5, 0.6) is 0 Å². The Bertz CT molecular complexity index is 331. The summed E-state index contributed by atoms with van der Waals surface area (Å²) in [4.78, 5) is 0. The summed E-state index contributed by atoms with van der Waals surface area (Å²) < 4.78 is 2.05. The fraction of sp³-hybridized carbons (Fsp3) is 0.800. The molecule has 0 radical (unpaired) electrons. The van der Waals surface area contributed by atoms with Crippen molar-refractivity contribution in [3.05, 3.63) is 18.0 Å². The summed E-state index contributed by atoms with van der Waals surface area (Å²) in [6, 6.07) is 2.53. The minimum absolute atomic E-state index is 0.259. The van der Waals surface area contributed by atoms with Crippen LogP contribution in [0.25, 0.3) is 0 Å². The van der Waals surface area contributed by atoms with Crippen LogP contribution >= 0.6 is 0 Å². The topological polar surface area (TPSA) is 38.0 Å². The first-order valence-corrected chi connectivity index (χ1v) is 7.32. The highest BCUT2D eigenvalue weighted by Crippen LogP contribution is 2.17. The van der Waals surface area contributed by atoms with Crippen molar-refractivity contribution < 1.29 is 5.11 Å². The smallest absolute Gasteiger partial charge is 0.0650 e. The fourth-order valence-corrected chi connectivity index (χ4v) is 2.31. The van der Waals surface area contributed by atoms with Crippen molar-refractivity contribution in [3.8, 4) is 0 Å². The molecule has 1 aromatic rings. The molecular weight excluding hydrogens is 224 g/mol. The molecule has 0 aliphatic rings. The van der Waals surface area contributed by atoms with Crippen molar-refractivity contribution in [2.24, 2.45) is 5.92 Å². The van der Waals surface area contributed by atoms with Gasteiger partial charge in [-0.05, 0) is 31.2 Å². The normalized spacial score (nSPS) is 15.0. The zero-order valence-corrected chi connectivity index (χ0v) is 12.3. The van der Waals surface area contributed by atoms with Crippen LogP contribution in [0.2, 0.25) is 0 Å². The van der Waals surface area contributed by atoms with E-state index in [1.165, 1.54) is 0 Å². The van der Waals surface area contributed by atoms with Crippen LogP contribution in [0.3, 0.4) is 0 Å². The van der Waals surface area contributed by atoms with Gasteiger partial charge in [-0.15, -0.1) is 0 Å². The molecule has 2 unspecified atom stereocenters. The molecule has 1 aromatic heterocycles. The van der Waals surface area contributed by atoms with Gasteiger partial charge in [-0.1, -0.05) is 34.1 Å². The Morgan fingerprint density at radius 1 is 1.22 bits per heavy atom. The Morgan fingerprint density at radius 3 is 2.44 bits per heavy atom. The van der Waals surface area contributed by atoms with Crippen LogP contribution in [0.1, 0.15) is 65.1 Å². The number of rotatable bonds is 8. The lowest BCUT2D eigenvalue weighted by Gasteiger charge is -2.14. The molecule has 3 nitrogen and oxygen atoms in total. The summed E-state index contributed by atoms with van der Waals surface area (Å²) in [7, 11) is 0. The van der Waals surface area contributed by atoms with Crippen LogP contribution in [0.15, 0.2) is 12.3 Å². The van der Waals surface area contributed by atoms with E-state index < -0.39 is 0 Å². The maximum absolute atomic E-state index is 10.0. The van der Waals surface area contributed by atoms with Gasteiger partial charge in [0.15, 0.2) is 0 Å². The summed E-state index contributed by atoms with van der Waals surface area (Å²) in [5.74, 6) is 0.584. The van der Waals surface area contributed by atoms with Gasteiger partial charge in [0.05, 0.1) is 17.8 Å². The van der Waals surface area contributed by atoms with Gasteiger partial charge < -0.3 is 5.11 Å². The highest BCUT2D eigenvalue weighted by molar-refractivity contribution is 5.01. The molecule has 0 amide bonds. The largest absolute Gasteiger partial charge is 0.393 e. The van der Waals surface area contributed by atoms with Crippen molar-refractivity contribution in [1.82, 2.24) is 9.78 Å². The second-order valence-corrected chi connectivity index (χ2v) is 5.36. The molecule has 0 spiro atoms. The quantitative estimate of drug-likeness (QED) is 0.768. The zero-order valence-electron chi connectivity index (χ0n) is 12.3. The van der Waals surface area contributed by atoms with E-state index in [0.717, 1.165) is 31.4 Å². The average molecular weight is 252 g/mol. The molecule has 0 aromatic carbocycles. The number of hydrogen-bond acceptors (Lipinski definition) is 2. The Morgan fingerprint density at radius 2 is 1.89 bits per heavy atom. The zero-order chi connectivity index (χ0) is 13.5. The first kappa shape index (κ1) is 15.2. The van der Waals surface area contributed by atoms with Crippen LogP contribution in [-0.4, -0.2) is 21.0 Å². The van der Waals surface area contributed by atoms with E-state index in [9.17, 15) is 5.11 Å². The van der Waals surface area contributed by atoms with Crippen molar-refractivity contribution >= 4 is 0 Å². The highest BCUT2D eigenvalue weighted by Gasteiger charge is 2.13. The number of aromatic nitrogens is 2. The molecule has 2 atom stereocenters. The lowest BCUT2D eigenvalue weighted by atomic mass is 9.98. The molecule has 0 saturated heterocycles. The SMILES string of the molecule is CCC(C)CC(O)Cc1ccn(C(CC)CC)n1. The second kappa shape index (κ2) is 7.57. The molecule has 1 N–H and O–H groups in total. The van der Waals surface area contributed by atoms with Crippen LogP contribution in [-0.2, 0) is 6.42 Å². The molecule has 3 heteroatoms. The third-order valence-corrected chi connectivity index (χ3v) is 3.80. The van der Waals surface area contributed by atoms with Crippen LogP contribution < -0.4 is 0 Å². The van der Waals surface area contributed by atoms with Gasteiger partial charge in [0, 0.05) is 12.6 Å². The molecule has 0 aliphatic carbocycles. The highest BCUT2D eigenvalue weighted by atomic mass is 16.3. The summed E-state index contributed by atoms with van der Waals surface area (Å²) in [5, 5.41) is 14.6. The van der Waals surface area contributed by atoms with Gasteiger partial charge in [-0.2, -0.15) is 5.10 Å². The van der Waals surface area contributed by atoms with E-state index in [4.69, 9.17) is 0 Å². The standard InChI is InChI=1S/C15H28N2O/c1-5-12(4)10-15(18)11-13-8-9-17(16-13)14(6-2)7-3/h8-9,12,14-15,18H,5-7,10-11H2,1-4H3. The van der Waals surface area contributed by atoms with E-state index in [2.05, 4.69) is 32.8 Å². The maximum atomic E-state index is 10.0. The maximum Gasteiger partial charge on any atom is 0.0650 e. The van der Waals surface area contributed by atoms with Crippen molar-refractivity contribution in [1.29, 1.82) is 0 Å². The molecule has 0 saturated carbocycles. The van der Waals surface area contributed by atoms with Crippen molar-refractivity contribution in [2.75, 3.05) is 0 Å². The van der Waals surface area contributed by atoms with Gasteiger partial charge in [0.25, 0.3) is 0 Å². The molecule has 1 rings (SSSR count). The Labute approximate surface area is 111 Å². The number of nitrogens with zero attached hydrogens (tertiary/aromatic N) is 2. The third-order valence-electron chi connectivity index (χ3n) is 3.80. The molecular formula is C15H28N2O. The van der Waals surface area contributed by atoms with E-state index >= 15 is 0 Å². The van der Waals surface area contributed by atoms with Gasteiger partial charge in [0.2, 0.25) is 0 Å². The first-order valence-electron chi connectivity index (χ1n) is 7.32. The minimum Gasteiger partial charge on any atom is -0.393 e. The molecule has 0 bridgehead atoms. The predicted molar refractivity (Wildman–Crippen MR) is 75.6 cm³/mol. The molecule has 0 aliphatic heterocycles. The predicted octanol–water partition coefficient (Wildman–Crippen LogP) is 3.58. The first-order chi connectivity index (χ1) is 8.60. The van der Waals surface area contributed by atoms with Gasteiger partial charge in [-0.25, -0.2) is 0 Å². The Balaban J connectivity index is 2.53. The number of aliphatic hydroxyl groups excluding tert-OH is 1. The average Bonchev–Trinajstić information content (AvgIpc) is 2.78.